The molecule has 4 aromatic rings. The summed E-state index contributed by atoms with van der Waals surface area (Å²) in [5.41, 5.74) is 0.0205. The molecular formula is C26H21F3N4O3. The molecule has 4 rings (SSSR count). The van der Waals surface area contributed by atoms with E-state index >= 15 is 0 Å². The van der Waals surface area contributed by atoms with E-state index in [0.717, 1.165) is 12.1 Å². The van der Waals surface area contributed by atoms with Crippen molar-refractivity contribution in [3.8, 4) is 0 Å². The maximum Gasteiger partial charge on any atom is 0.416 e. The molecule has 0 aliphatic heterocycles. The summed E-state index contributed by atoms with van der Waals surface area (Å²) in [4.78, 5) is 44.2. The van der Waals surface area contributed by atoms with Gasteiger partial charge in [-0.05, 0) is 55.0 Å². The molecule has 0 atom stereocenters. The first-order chi connectivity index (χ1) is 17.2. The molecule has 0 aliphatic carbocycles. The number of aromatic nitrogens is 2. The highest BCUT2D eigenvalue weighted by atomic mass is 19.4. The van der Waals surface area contributed by atoms with Crippen LogP contribution < -0.4 is 16.2 Å². The van der Waals surface area contributed by atoms with Crippen LogP contribution in [0, 0.1) is 0 Å². The number of amides is 2. The Morgan fingerprint density at radius 1 is 0.889 bits per heavy atom. The quantitative estimate of drug-likeness (QED) is 0.330. The number of para-hydroxylation sites is 1. The third kappa shape index (κ3) is 6.15. The fourth-order valence-electron chi connectivity index (χ4n) is 3.61. The lowest BCUT2D eigenvalue weighted by Gasteiger charge is -2.11. The predicted molar refractivity (Wildman–Crippen MR) is 130 cm³/mol. The summed E-state index contributed by atoms with van der Waals surface area (Å²) in [6.07, 6.45) is -3.54. The van der Waals surface area contributed by atoms with Gasteiger partial charge in [-0.2, -0.15) is 13.2 Å². The highest BCUT2D eigenvalue weighted by molar-refractivity contribution is 6.05. The van der Waals surface area contributed by atoms with E-state index in [4.69, 9.17) is 0 Å². The summed E-state index contributed by atoms with van der Waals surface area (Å²) in [5, 5.41) is 5.63. The Hall–Kier alpha value is -4.47. The van der Waals surface area contributed by atoms with Crippen LogP contribution in [0.5, 0.6) is 0 Å². The van der Waals surface area contributed by atoms with Crippen LogP contribution in [0.1, 0.15) is 34.6 Å². The van der Waals surface area contributed by atoms with Crippen molar-refractivity contribution in [3.63, 3.8) is 0 Å². The van der Waals surface area contributed by atoms with Crippen LogP contribution in [-0.4, -0.2) is 21.8 Å². The molecule has 1 aromatic heterocycles. The summed E-state index contributed by atoms with van der Waals surface area (Å²) in [6, 6.07) is 17.4. The van der Waals surface area contributed by atoms with Crippen LogP contribution in [0.15, 0.2) is 77.6 Å². The van der Waals surface area contributed by atoms with E-state index in [1.807, 2.05) is 0 Å². The average Bonchev–Trinajstić information content (AvgIpc) is 2.84. The lowest BCUT2D eigenvalue weighted by molar-refractivity contribution is -0.137. The zero-order valence-electron chi connectivity index (χ0n) is 18.9. The molecule has 3 N–H and O–H groups in total. The Bertz CT molecular complexity index is 1480. The molecule has 0 saturated carbocycles. The molecule has 0 radical (unpaired) electrons. The number of hydrogen-bond donors (Lipinski definition) is 3. The van der Waals surface area contributed by atoms with E-state index < -0.39 is 17.6 Å². The Kier molecular flexibility index (Phi) is 7.14. The van der Waals surface area contributed by atoms with Crippen molar-refractivity contribution in [3.05, 3.63) is 100 Å². The molecule has 2 amide bonds. The van der Waals surface area contributed by atoms with E-state index in [-0.39, 0.29) is 29.1 Å². The number of aromatic amines is 1. The number of H-pyrrole nitrogens is 1. The van der Waals surface area contributed by atoms with Gasteiger partial charge >= 0.3 is 6.18 Å². The van der Waals surface area contributed by atoms with E-state index in [2.05, 4.69) is 20.6 Å². The Morgan fingerprint density at radius 3 is 2.39 bits per heavy atom. The van der Waals surface area contributed by atoms with Crippen molar-refractivity contribution in [1.29, 1.82) is 0 Å². The zero-order valence-corrected chi connectivity index (χ0v) is 18.9. The number of halogens is 3. The summed E-state index contributed by atoms with van der Waals surface area (Å²) < 4.78 is 38.7. The third-order valence-electron chi connectivity index (χ3n) is 5.34. The standard InChI is InChI=1S/C26H21F3N4O3/c27-26(28,29)17-7-4-9-19(15-17)31-24(35)16-6-3-8-18(14-16)30-23(34)13-5-12-22-32-21-11-2-1-10-20(21)25(36)33-22/h1-4,6-11,14-15H,5,12-13H2,(H,30,34)(H,31,35)(H,32,33,36). The van der Waals surface area contributed by atoms with Crippen molar-refractivity contribution in [2.45, 2.75) is 25.4 Å². The van der Waals surface area contributed by atoms with Crippen LogP contribution in [0.2, 0.25) is 0 Å². The largest absolute Gasteiger partial charge is 0.416 e. The molecule has 36 heavy (non-hydrogen) atoms. The molecule has 0 spiro atoms. The normalized spacial score (nSPS) is 11.3. The summed E-state index contributed by atoms with van der Waals surface area (Å²) in [7, 11) is 0. The number of nitrogens with one attached hydrogen (secondary N) is 3. The Balaban J connectivity index is 1.33. The molecule has 0 saturated heterocycles. The van der Waals surface area contributed by atoms with Crippen molar-refractivity contribution in [1.82, 2.24) is 9.97 Å². The lowest BCUT2D eigenvalue weighted by Crippen LogP contribution is -2.15. The monoisotopic (exact) mass is 494 g/mol. The zero-order chi connectivity index (χ0) is 25.7. The van der Waals surface area contributed by atoms with Gasteiger partial charge in [-0.25, -0.2) is 4.98 Å². The average molecular weight is 494 g/mol. The van der Waals surface area contributed by atoms with Gasteiger partial charge in [0, 0.05) is 29.8 Å². The minimum Gasteiger partial charge on any atom is -0.326 e. The Labute approximate surface area is 203 Å². The number of fused-ring (bicyclic) bond motifs is 1. The van der Waals surface area contributed by atoms with Crippen LogP contribution >= 0.6 is 0 Å². The van der Waals surface area contributed by atoms with E-state index in [9.17, 15) is 27.6 Å². The minimum atomic E-state index is -4.52. The fraction of sp³-hybridized carbons (Fsp3) is 0.154. The van der Waals surface area contributed by atoms with Crippen molar-refractivity contribution >= 4 is 34.1 Å². The molecule has 0 unspecified atom stereocenters. The number of alkyl halides is 3. The molecule has 0 aliphatic rings. The van der Waals surface area contributed by atoms with Crippen LogP contribution in [0.3, 0.4) is 0 Å². The van der Waals surface area contributed by atoms with Crippen LogP contribution in [0.25, 0.3) is 10.9 Å². The first-order valence-corrected chi connectivity index (χ1v) is 11.1. The van der Waals surface area contributed by atoms with Gasteiger partial charge in [0.25, 0.3) is 11.5 Å². The first-order valence-electron chi connectivity index (χ1n) is 11.1. The highest BCUT2D eigenvalue weighted by Crippen LogP contribution is 2.30. The van der Waals surface area contributed by atoms with Gasteiger partial charge in [-0.1, -0.05) is 24.3 Å². The van der Waals surface area contributed by atoms with Gasteiger partial charge in [-0.3, -0.25) is 14.4 Å². The molecule has 0 bridgehead atoms. The number of rotatable bonds is 7. The molecule has 184 valence electrons. The lowest BCUT2D eigenvalue weighted by atomic mass is 10.1. The van der Waals surface area contributed by atoms with Gasteiger partial charge in [0.2, 0.25) is 5.91 Å². The summed E-state index contributed by atoms with van der Waals surface area (Å²) in [5.74, 6) is -0.426. The van der Waals surface area contributed by atoms with Gasteiger partial charge in [0.05, 0.1) is 16.5 Å². The fourth-order valence-corrected chi connectivity index (χ4v) is 3.61. The van der Waals surface area contributed by atoms with Crippen LogP contribution in [0.4, 0.5) is 24.5 Å². The predicted octanol–water partition coefficient (Wildman–Crippen LogP) is 5.16. The molecule has 1 heterocycles. The minimum absolute atomic E-state index is 0.00426. The number of carbonyl (C=O) groups excluding carboxylic acids is 2. The second-order valence-electron chi connectivity index (χ2n) is 8.04. The number of carbonyl (C=O) groups is 2. The van der Waals surface area contributed by atoms with Crippen LogP contribution in [-0.2, 0) is 17.4 Å². The number of anilines is 2. The molecule has 7 nitrogen and oxygen atoms in total. The SMILES string of the molecule is O=C(CCCc1nc2ccccc2c(=O)[nH]1)Nc1cccc(C(=O)Nc2cccc(C(F)(F)F)c2)c1. The topological polar surface area (TPSA) is 104 Å². The van der Waals surface area contributed by atoms with Crippen molar-refractivity contribution in [2.24, 2.45) is 0 Å². The van der Waals surface area contributed by atoms with Gasteiger partial charge in [-0.15, -0.1) is 0 Å². The van der Waals surface area contributed by atoms with E-state index in [1.165, 1.54) is 24.3 Å². The summed E-state index contributed by atoms with van der Waals surface area (Å²) in [6.45, 7) is 0. The molecule has 0 fully saturated rings. The van der Waals surface area contributed by atoms with E-state index in [1.54, 1.807) is 36.4 Å². The van der Waals surface area contributed by atoms with Gasteiger partial charge < -0.3 is 15.6 Å². The summed E-state index contributed by atoms with van der Waals surface area (Å²) >= 11 is 0. The third-order valence-corrected chi connectivity index (χ3v) is 5.34. The maximum absolute atomic E-state index is 12.9. The second-order valence-corrected chi connectivity index (χ2v) is 8.04. The Morgan fingerprint density at radius 2 is 1.61 bits per heavy atom. The van der Waals surface area contributed by atoms with Gasteiger partial charge in [0.1, 0.15) is 5.82 Å². The van der Waals surface area contributed by atoms with Crippen molar-refractivity contribution in [2.75, 3.05) is 10.6 Å². The number of hydrogen-bond acceptors (Lipinski definition) is 4. The van der Waals surface area contributed by atoms with Crippen molar-refractivity contribution < 1.29 is 22.8 Å². The molecule has 3 aromatic carbocycles. The smallest absolute Gasteiger partial charge is 0.326 e. The first kappa shape index (κ1) is 24.6. The molecule has 10 heteroatoms. The maximum atomic E-state index is 12.9. The highest BCUT2D eigenvalue weighted by Gasteiger charge is 2.30. The molecular weight excluding hydrogens is 473 g/mol. The van der Waals surface area contributed by atoms with E-state index in [0.29, 0.717) is 35.3 Å². The van der Waals surface area contributed by atoms with Gasteiger partial charge in [0.15, 0.2) is 0 Å². The number of aryl methyl sites for hydroxylation is 1. The second kappa shape index (κ2) is 10.4. The number of nitrogens with zero attached hydrogens (tertiary/aromatic N) is 1. The number of benzene rings is 3.